The molecule has 9 heteroatoms. The Balaban J connectivity index is 1.78. The van der Waals surface area contributed by atoms with Gasteiger partial charge in [0, 0.05) is 10.0 Å². The van der Waals surface area contributed by atoms with Gasteiger partial charge >= 0.3 is 0 Å². The van der Waals surface area contributed by atoms with E-state index in [2.05, 4.69) is 37.2 Å². The van der Waals surface area contributed by atoms with E-state index in [1.54, 1.807) is 36.4 Å². The molecule has 0 fully saturated rings. The SMILES string of the molecule is N#C/C(=C\c1cc(Br)c(OCc2ccc(Cl)cc2)c(Br)c1)C(=O)Nc1cc(Cl)ccc1Cl. The number of rotatable bonds is 6. The average molecular weight is 616 g/mol. The van der Waals surface area contributed by atoms with E-state index >= 15 is 0 Å². The first-order valence-corrected chi connectivity index (χ1v) is 11.7. The van der Waals surface area contributed by atoms with Crippen LogP contribution < -0.4 is 10.1 Å². The van der Waals surface area contributed by atoms with E-state index in [4.69, 9.17) is 39.5 Å². The van der Waals surface area contributed by atoms with Crippen LogP contribution in [-0.4, -0.2) is 5.91 Å². The number of anilines is 1. The summed E-state index contributed by atoms with van der Waals surface area (Å²) in [6.07, 6.45) is 1.46. The highest BCUT2D eigenvalue weighted by Gasteiger charge is 2.14. The van der Waals surface area contributed by atoms with E-state index in [1.807, 2.05) is 18.2 Å². The molecule has 3 aromatic carbocycles. The average Bonchev–Trinajstić information content (AvgIpc) is 2.75. The lowest BCUT2D eigenvalue weighted by atomic mass is 10.1. The summed E-state index contributed by atoms with van der Waals surface area (Å²) in [6, 6.07) is 17.4. The van der Waals surface area contributed by atoms with E-state index in [-0.39, 0.29) is 5.57 Å². The van der Waals surface area contributed by atoms with Gasteiger partial charge in [0.1, 0.15) is 24.0 Å². The van der Waals surface area contributed by atoms with Crippen molar-refractivity contribution in [2.75, 3.05) is 5.32 Å². The molecule has 0 aliphatic carbocycles. The Morgan fingerprint density at radius 1 is 1.00 bits per heavy atom. The van der Waals surface area contributed by atoms with E-state index in [0.29, 0.717) is 47.6 Å². The zero-order valence-corrected chi connectivity index (χ0v) is 21.6. The molecule has 0 saturated heterocycles. The first-order chi connectivity index (χ1) is 15.3. The third kappa shape index (κ3) is 6.50. The summed E-state index contributed by atoms with van der Waals surface area (Å²) in [5.74, 6) is -0.0160. The molecule has 32 heavy (non-hydrogen) atoms. The summed E-state index contributed by atoms with van der Waals surface area (Å²) in [5.41, 5.74) is 1.79. The molecule has 0 aromatic heterocycles. The predicted octanol–water partition coefficient (Wildman–Crippen LogP) is 8.30. The van der Waals surface area contributed by atoms with Crippen LogP contribution >= 0.6 is 66.7 Å². The fraction of sp³-hybridized carbons (Fsp3) is 0.0435. The second-order valence-corrected chi connectivity index (χ2v) is 9.47. The van der Waals surface area contributed by atoms with Crippen LogP contribution in [0, 0.1) is 11.3 Å². The topological polar surface area (TPSA) is 62.1 Å². The van der Waals surface area contributed by atoms with Crippen molar-refractivity contribution in [1.82, 2.24) is 0 Å². The van der Waals surface area contributed by atoms with E-state index in [1.165, 1.54) is 12.1 Å². The minimum absolute atomic E-state index is 0.102. The molecular formula is C23H13Br2Cl3N2O2. The van der Waals surface area contributed by atoms with Crippen LogP contribution in [-0.2, 0) is 11.4 Å². The molecule has 0 saturated carbocycles. The van der Waals surface area contributed by atoms with Gasteiger partial charge in [-0.1, -0.05) is 46.9 Å². The van der Waals surface area contributed by atoms with Crippen LogP contribution in [0.1, 0.15) is 11.1 Å². The van der Waals surface area contributed by atoms with Gasteiger partial charge in [0.15, 0.2) is 0 Å². The number of benzene rings is 3. The minimum Gasteiger partial charge on any atom is -0.487 e. The Morgan fingerprint density at radius 2 is 1.62 bits per heavy atom. The van der Waals surface area contributed by atoms with Gasteiger partial charge < -0.3 is 10.1 Å². The monoisotopic (exact) mass is 612 g/mol. The van der Waals surface area contributed by atoms with Gasteiger partial charge in [0.2, 0.25) is 0 Å². The largest absolute Gasteiger partial charge is 0.487 e. The number of nitriles is 1. The highest BCUT2D eigenvalue weighted by Crippen LogP contribution is 2.36. The molecule has 0 aliphatic rings. The van der Waals surface area contributed by atoms with Crippen molar-refractivity contribution in [3.05, 3.63) is 95.3 Å². The second kappa shape index (κ2) is 11.2. The normalized spacial score (nSPS) is 11.1. The molecule has 0 spiro atoms. The summed E-state index contributed by atoms with van der Waals surface area (Å²) in [4.78, 5) is 12.6. The number of amides is 1. The minimum atomic E-state index is -0.605. The Hall–Kier alpha value is -2.01. The van der Waals surface area contributed by atoms with Crippen LogP contribution in [0.4, 0.5) is 5.69 Å². The molecule has 1 amide bonds. The lowest BCUT2D eigenvalue weighted by Gasteiger charge is -2.12. The van der Waals surface area contributed by atoms with Crippen LogP contribution in [0.25, 0.3) is 6.08 Å². The van der Waals surface area contributed by atoms with Crippen molar-refractivity contribution >= 4 is 84.3 Å². The maximum absolute atomic E-state index is 12.6. The zero-order chi connectivity index (χ0) is 23.3. The Kier molecular flexibility index (Phi) is 8.64. The summed E-state index contributed by atoms with van der Waals surface area (Å²) in [7, 11) is 0. The van der Waals surface area contributed by atoms with E-state index < -0.39 is 5.91 Å². The molecular weight excluding hydrogens is 602 g/mol. The van der Waals surface area contributed by atoms with Gasteiger partial charge in [-0.3, -0.25) is 4.79 Å². The van der Waals surface area contributed by atoms with E-state index in [0.717, 1.165) is 5.56 Å². The van der Waals surface area contributed by atoms with Gasteiger partial charge in [-0.15, -0.1) is 0 Å². The molecule has 0 bridgehead atoms. The van der Waals surface area contributed by atoms with Gasteiger partial charge in [-0.05, 0) is 91.5 Å². The van der Waals surface area contributed by atoms with Crippen LogP contribution in [0.5, 0.6) is 5.75 Å². The fourth-order valence-electron chi connectivity index (χ4n) is 2.64. The summed E-state index contributed by atoms with van der Waals surface area (Å²) in [6.45, 7) is 0.343. The lowest BCUT2D eigenvalue weighted by Crippen LogP contribution is -2.13. The fourth-order valence-corrected chi connectivity index (χ4v) is 4.55. The Labute approximate surface area is 217 Å². The van der Waals surface area contributed by atoms with Crippen molar-refractivity contribution in [2.24, 2.45) is 0 Å². The Morgan fingerprint density at radius 3 is 2.25 bits per heavy atom. The van der Waals surface area contributed by atoms with Gasteiger partial charge in [0.05, 0.1) is 19.7 Å². The van der Waals surface area contributed by atoms with Crippen molar-refractivity contribution in [3.8, 4) is 11.8 Å². The molecule has 0 heterocycles. The number of hydrogen-bond donors (Lipinski definition) is 1. The molecule has 3 aromatic rings. The van der Waals surface area contributed by atoms with Crippen molar-refractivity contribution in [2.45, 2.75) is 6.61 Å². The van der Waals surface area contributed by atoms with Crippen molar-refractivity contribution < 1.29 is 9.53 Å². The molecule has 0 unspecified atom stereocenters. The highest BCUT2D eigenvalue weighted by atomic mass is 79.9. The third-order valence-electron chi connectivity index (χ3n) is 4.17. The number of hydrogen-bond acceptors (Lipinski definition) is 3. The Bertz CT molecular complexity index is 1220. The van der Waals surface area contributed by atoms with E-state index in [9.17, 15) is 10.1 Å². The molecule has 1 N–H and O–H groups in total. The molecule has 3 rings (SSSR count). The molecule has 0 atom stereocenters. The predicted molar refractivity (Wildman–Crippen MR) is 136 cm³/mol. The van der Waals surface area contributed by atoms with Crippen molar-refractivity contribution in [3.63, 3.8) is 0 Å². The standard InChI is InChI=1S/C23H13Br2Cl3N2O2/c24-18-8-14(9-19(25)22(18)32-12-13-1-3-16(26)4-2-13)7-15(11-29)23(31)30-21-10-17(27)5-6-20(21)28/h1-10H,12H2,(H,30,31)/b15-7+. The maximum Gasteiger partial charge on any atom is 0.266 e. The first kappa shape index (κ1) is 24.6. The number of carbonyl (C=O) groups excluding carboxylic acids is 1. The number of ether oxygens (including phenoxy) is 1. The number of nitrogens with one attached hydrogen (secondary N) is 1. The number of halogens is 5. The number of nitrogens with zero attached hydrogens (tertiary/aromatic N) is 1. The van der Waals surface area contributed by atoms with Gasteiger partial charge in [-0.2, -0.15) is 5.26 Å². The summed E-state index contributed by atoms with van der Waals surface area (Å²) < 4.78 is 7.21. The smallest absolute Gasteiger partial charge is 0.266 e. The van der Waals surface area contributed by atoms with Crippen LogP contribution in [0.3, 0.4) is 0 Å². The lowest BCUT2D eigenvalue weighted by molar-refractivity contribution is -0.112. The van der Waals surface area contributed by atoms with Gasteiger partial charge in [0.25, 0.3) is 5.91 Å². The third-order valence-corrected chi connectivity index (χ3v) is 6.16. The summed E-state index contributed by atoms with van der Waals surface area (Å²) >= 11 is 24.9. The zero-order valence-electron chi connectivity index (χ0n) is 16.1. The first-order valence-electron chi connectivity index (χ1n) is 9.01. The quantitative estimate of drug-likeness (QED) is 0.224. The molecule has 4 nitrogen and oxygen atoms in total. The highest BCUT2D eigenvalue weighted by molar-refractivity contribution is 9.11. The molecule has 0 aliphatic heterocycles. The van der Waals surface area contributed by atoms with Gasteiger partial charge in [-0.25, -0.2) is 0 Å². The van der Waals surface area contributed by atoms with Crippen LogP contribution in [0.2, 0.25) is 15.1 Å². The second-order valence-electron chi connectivity index (χ2n) is 6.48. The van der Waals surface area contributed by atoms with Crippen LogP contribution in [0.15, 0.2) is 69.1 Å². The maximum atomic E-state index is 12.6. The number of carbonyl (C=O) groups is 1. The molecule has 0 radical (unpaired) electrons. The summed E-state index contributed by atoms with van der Waals surface area (Å²) in [5, 5.41) is 13.5. The van der Waals surface area contributed by atoms with Crippen molar-refractivity contribution in [1.29, 1.82) is 5.26 Å². The molecule has 162 valence electrons.